The van der Waals surface area contributed by atoms with E-state index in [-0.39, 0.29) is 11.9 Å². The highest BCUT2D eigenvalue weighted by Crippen LogP contribution is 2.11. The molecule has 2 N–H and O–H groups in total. The van der Waals surface area contributed by atoms with Gasteiger partial charge in [-0.2, -0.15) is 0 Å². The number of amides is 1. The Hall–Kier alpha value is -1.43. The third-order valence-electron chi connectivity index (χ3n) is 2.95. The minimum absolute atomic E-state index is 0.0349. The Morgan fingerprint density at radius 3 is 3.19 bits per heavy atom. The van der Waals surface area contributed by atoms with Crippen LogP contribution < -0.4 is 5.73 Å². The number of aromatic nitrogens is 3. The highest BCUT2D eigenvalue weighted by Gasteiger charge is 2.22. The minimum Gasteiger partial charge on any atom is -0.333 e. The van der Waals surface area contributed by atoms with Crippen molar-refractivity contribution in [3.8, 4) is 0 Å². The van der Waals surface area contributed by atoms with Crippen LogP contribution in [0.4, 0.5) is 0 Å². The van der Waals surface area contributed by atoms with Crippen molar-refractivity contribution in [2.24, 2.45) is 5.73 Å². The Bertz CT molecular complexity index is 375. The van der Waals surface area contributed by atoms with Gasteiger partial charge in [0, 0.05) is 25.6 Å². The molecule has 1 aliphatic heterocycles. The molecule has 6 nitrogen and oxygen atoms in total. The Morgan fingerprint density at radius 1 is 1.62 bits per heavy atom. The average Bonchev–Trinajstić information content (AvgIpc) is 2.75. The minimum atomic E-state index is -0.0349. The number of carbonyl (C=O) groups is 1. The van der Waals surface area contributed by atoms with Gasteiger partial charge in [0.1, 0.15) is 6.33 Å². The predicted octanol–water partition coefficient (Wildman–Crippen LogP) is -0.252. The molecule has 2 rings (SSSR count). The van der Waals surface area contributed by atoms with Gasteiger partial charge in [-0.1, -0.05) is 6.92 Å². The zero-order valence-electron chi connectivity index (χ0n) is 9.46. The maximum absolute atomic E-state index is 11.9. The van der Waals surface area contributed by atoms with Gasteiger partial charge < -0.3 is 15.2 Å². The van der Waals surface area contributed by atoms with Crippen molar-refractivity contribution in [3.05, 3.63) is 12.2 Å². The molecular weight excluding hydrogens is 206 g/mol. The van der Waals surface area contributed by atoms with Crippen molar-refractivity contribution >= 4 is 5.91 Å². The average molecular weight is 223 g/mol. The quantitative estimate of drug-likeness (QED) is 0.766. The molecule has 1 aromatic rings. The topological polar surface area (TPSA) is 77.0 Å². The first-order chi connectivity index (χ1) is 7.70. The van der Waals surface area contributed by atoms with E-state index in [4.69, 9.17) is 5.73 Å². The molecule has 6 heteroatoms. The second kappa shape index (κ2) is 4.61. The van der Waals surface area contributed by atoms with Crippen LogP contribution in [0.15, 0.2) is 6.33 Å². The Labute approximate surface area is 94.4 Å². The van der Waals surface area contributed by atoms with E-state index in [1.807, 2.05) is 11.5 Å². The normalized spacial score (nSPS) is 17.0. The maximum Gasteiger partial charge on any atom is 0.224 e. The van der Waals surface area contributed by atoms with Gasteiger partial charge in [0.05, 0.1) is 6.54 Å². The first-order valence-electron chi connectivity index (χ1n) is 5.60. The van der Waals surface area contributed by atoms with Crippen LogP contribution in [-0.2, 0) is 17.9 Å². The highest BCUT2D eigenvalue weighted by molar-refractivity contribution is 5.76. The molecule has 0 saturated heterocycles. The van der Waals surface area contributed by atoms with Gasteiger partial charge in [-0.25, -0.2) is 0 Å². The van der Waals surface area contributed by atoms with Crippen LogP contribution in [0.3, 0.4) is 0 Å². The lowest BCUT2D eigenvalue weighted by Gasteiger charge is -2.27. The van der Waals surface area contributed by atoms with Crippen molar-refractivity contribution in [1.82, 2.24) is 19.7 Å². The van der Waals surface area contributed by atoms with E-state index in [2.05, 4.69) is 10.2 Å². The molecule has 16 heavy (non-hydrogen) atoms. The summed E-state index contributed by atoms with van der Waals surface area (Å²) in [5, 5.41) is 7.80. The summed E-state index contributed by atoms with van der Waals surface area (Å²) in [6, 6.07) is -0.0349. The van der Waals surface area contributed by atoms with Gasteiger partial charge in [0.15, 0.2) is 5.82 Å². The third-order valence-corrected chi connectivity index (χ3v) is 2.95. The number of nitrogens with zero attached hydrogens (tertiary/aromatic N) is 4. The van der Waals surface area contributed by atoms with Crippen LogP contribution in [0.25, 0.3) is 0 Å². The molecule has 0 saturated carbocycles. The lowest BCUT2D eigenvalue weighted by Crippen LogP contribution is -2.40. The molecular formula is C10H17N5O. The van der Waals surface area contributed by atoms with Crippen LogP contribution in [0.5, 0.6) is 0 Å². The van der Waals surface area contributed by atoms with E-state index >= 15 is 0 Å². The third kappa shape index (κ3) is 2.21. The van der Waals surface area contributed by atoms with Crippen LogP contribution in [0.2, 0.25) is 0 Å². The molecule has 0 aliphatic carbocycles. The second-order valence-electron chi connectivity index (χ2n) is 4.13. The summed E-state index contributed by atoms with van der Waals surface area (Å²) in [4.78, 5) is 13.7. The van der Waals surface area contributed by atoms with Crippen LogP contribution in [0.1, 0.15) is 25.6 Å². The van der Waals surface area contributed by atoms with Gasteiger partial charge in [-0.3, -0.25) is 4.79 Å². The van der Waals surface area contributed by atoms with Gasteiger partial charge in [0.25, 0.3) is 0 Å². The van der Waals surface area contributed by atoms with E-state index in [1.165, 1.54) is 0 Å². The fraction of sp³-hybridized carbons (Fsp3) is 0.700. The number of carbonyl (C=O) groups excluding carboxylic acids is 1. The summed E-state index contributed by atoms with van der Waals surface area (Å²) in [6.07, 6.45) is 2.95. The van der Waals surface area contributed by atoms with Crippen LogP contribution >= 0.6 is 0 Å². The smallest absolute Gasteiger partial charge is 0.224 e. The lowest BCUT2D eigenvalue weighted by atomic mass is 10.1. The van der Waals surface area contributed by atoms with Crippen molar-refractivity contribution in [2.45, 2.75) is 38.9 Å². The summed E-state index contributed by atoms with van der Waals surface area (Å²) >= 11 is 0. The molecule has 0 bridgehead atoms. The van der Waals surface area contributed by atoms with E-state index < -0.39 is 0 Å². The first kappa shape index (κ1) is 11.1. The zero-order chi connectivity index (χ0) is 11.5. The molecule has 1 atom stereocenters. The first-order valence-corrected chi connectivity index (χ1v) is 5.60. The van der Waals surface area contributed by atoms with Gasteiger partial charge in [-0.05, 0) is 6.42 Å². The van der Waals surface area contributed by atoms with Gasteiger partial charge in [-0.15, -0.1) is 10.2 Å². The summed E-state index contributed by atoms with van der Waals surface area (Å²) in [5.74, 6) is 0.966. The SMILES string of the molecule is CCC(N)CC(=O)N1CCn2cnnc2C1. The number of rotatable bonds is 3. The molecule has 2 heterocycles. The van der Waals surface area contributed by atoms with Crippen molar-refractivity contribution in [1.29, 1.82) is 0 Å². The van der Waals surface area contributed by atoms with Crippen LogP contribution in [-0.4, -0.2) is 38.2 Å². The highest BCUT2D eigenvalue weighted by atomic mass is 16.2. The monoisotopic (exact) mass is 223 g/mol. The fourth-order valence-corrected chi connectivity index (χ4v) is 1.78. The van der Waals surface area contributed by atoms with Gasteiger partial charge in [0.2, 0.25) is 5.91 Å². The Balaban J connectivity index is 1.95. The maximum atomic E-state index is 11.9. The summed E-state index contributed by atoms with van der Waals surface area (Å²) in [7, 11) is 0. The second-order valence-corrected chi connectivity index (χ2v) is 4.13. The number of hydrogen-bond donors (Lipinski definition) is 1. The molecule has 1 aromatic heterocycles. The van der Waals surface area contributed by atoms with Crippen molar-refractivity contribution in [3.63, 3.8) is 0 Å². The summed E-state index contributed by atoms with van der Waals surface area (Å²) in [5.41, 5.74) is 5.77. The zero-order valence-corrected chi connectivity index (χ0v) is 9.46. The molecule has 0 aromatic carbocycles. The van der Waals surface area contributed by atoms with Gasteiger partial charge >= 0.3 is 0 Å². The molecule has 0 spiro atoms. The van der Waals surface area contributed by atoms with E-state index in [9.17, 15) is 4.79 Å². The molecule has 88 valence electrons. The molecule has 1 aliphatic rings. The Morgan fingerprint density at radius 2 is 2.44 bits per heavy atom. The van der Waals surface area contributed by atoms with E-state index in [0.717, 1.165) is 25.3 Å². The lowest BCUT2D eigenvalue weighted by molar-refractivity contribution is -0.133. The number of fused-ring (bicyclic) bond motifs is 1. The van der Waals surface area contributed by atoms with E-state index in [0.29, 0.717) is 13.0 Å². The largest absolute Gasteiger partial charge is 0.333 e. The number of hydrogen-bond acceptors (Lipinski definition) is 4. The van der Waals surface area contributed by atoms with Crippen molar-refractivity contribution in [2.75, 3.05) is 6.54 Å². The number of nitrogens with two attached hydrogens (primary N) is 1. The van der Waals surface area contributed by atoms with Crippen LogP contribution in [0, 0.1) is 0 Å². The summed E-state index contributed by atoms with van der Waals surface area (Å²) in [6.45, 7) is 4.04. The fourth-order valence-electron chi connectivity index (χ4n) is 1.78. The molecule has 0 fully saturated rings. The summed E-state index contributed by atoms with van der Waals surface area (Å²) < 4.78 is 1.98. The standard InChI is InChI=1S/C10H17N5O/c1-2-8(11)5-10(16)14-3-4-15-7-12-13-9(15)6-14/h7-8H,2-6,11H2,1H3. The molecule has 0 radical (unpaired) electrons. The van der Waals surface area contributed by atoms with E-state index in [1.54, 1.807) is 11.2 Å². The van der Waals surface area contributed by atoms with Crippen molar-refractivity contribution < 1.29 is 4.79 Å². The Kier molecular flexibility index (Phi) is 3.19. The molecule has 1 amide bonds. The predicted molar refractivity (Wildman–Crippen MR) is 58.3 cm³/mol. The molecule has 1 unspecified atom stereocenters.